The lowest BCUT2D eigenvalue weighted by Crippen LogP contribution is -1.99. The van der Waals surface area contributed by atoms with Gasteiger partial charge in [0.05, 0.1) is 0 Å². The molecule has 0 aliphatic rings. The molecule has 1 unspecified atom stereocenters. The van der Waals surface area contributed by atoms with Crippen LogP contribution in [-0.2, 0) is 6.54 Å². The van der Waals surface area contributed by atoms with Gasteiger partial charge in [-0.15, -0.1) is 0 Å². The second-order valence-corrected chi connectivity index (χ2v) is 4.21. The van der Waals surface area contributed by atoms with E-state index in [0.717, 1.165) is 0 Å². The van der Waals surface area contributed by atoms with Crippen LogP contribution in [0.1, 0.15) is 24.0 Å². The Hall–Kier alpha value is -0.470. The molecule has 1 atom stereocenters. The molecule has 0 saturated carbocycles. The third kappa shape index (κ3) is 3.05. The summed E-state index contributed by atoms with van der Waals surface area (Å²) in [4.78, 5) is 0. The molecule has 2 heteroatoms. The van der Waals surface area contributed by atoms with Crippen molar-refractivity contribution in [2.45, 2.75) is 19.4 Å². The summed E-state index contributed by atoms with van der Waals surface area (Å²) in [6.07, 6.45) is 2.14. The molecule has 1 rings (SSSR count). The highest BCUT2D eigenvalue weighted by molar-refractivity contribution is 7.98. The SMILES string of the molecule is CSCC(C)c1ccc(CN)cc1. The van der Waals surface area contributed by atoms with E-state index in [4.69, 9.17) is 5.73 Å². The molecule has 0 aliphatic heterocycles. The first-order valence-corrected chi connectivity index (χ1v) is 5.95. The minimum atomic E-state index is 0.636. The average Bonchev–Trinajstić information content (AvgIpc) is 2.18. The zero-order valence-electron chi connectivity index (χ0n) is 8.29. The zero-order chi connectivity index (χ0) is 9.68. The molecule has 13 heavy (non-hydrogen) atoms. The molecule has 0 saturated heterocycles. The van der Waals surface area contributed by atoms with E-state index in [0.29, 0.717) is 12.5 Å². The first-order valence-electron chi connectivity index (χ1n) is 4.55. The van der Waals surface area contributed by atoms with Crippen molar-refractivity contribution in [1.82, 2.24) is 0 Å². The summed E-state index contributed by atoms with van der Waals surface area (Å²) in [5.74, 6) is 1.82. The quantitative estimate of drug-likeness (QED) is 0.799. The molecular weight excluding hydrogens is 178 g/mol. The maximum atomic E-state index is 5.53. The second-order valence-electron chi connectivity index (χ2n) is 3.30. The van der Waals surface area contributed by atoms with Crippen molar-refractivity contribution < 1.29 is 0 Å². The van der Waals surface area contributed by atoms with E-state index in [1.807, 2.05) is 11.8 Å². The summed E-state index contributed by atoms with van der Waals surface area (Å²) >= 11 is 1.89. The molecule has 0 amide bonds. The van der Waals surface area contributed by atoms with Gasteiger partial charge in [0.15, 0.2) is 0 Å². The van der Waals surface area contributed by atoms with Gasteiger partial charge in [0.25, 0.3) is 0 Å². The van der Waals surface area contributed by atoms with Crippen LogP contribution in [0.15, 0.2) is 24.3 Å². The molecule has 0 bridgehead atoms. The van der Waals surface area contributed by atoms with E-state index in [1.165, 1.54) is 16.9 Å². The largest absolute Gasteiger partial charge is 0.326 e. The van der Waals surface area contributed by atoms with Crippen LogP contribution in [0, 0.1) is 0 Å². The van der Waals surface area contributed by atoms with Crippen molar-refractivity contribution >= 4 is 11.8 Å². The van der Waals surface area contributed by atoms with Gasteiger partial charge in [-0.3, -0.25) is 0 Å². The first kappa shape index (κ1) is 10.6. The van der Waals surface area contributed by atoms with Crippen molar-refractivity contribution in [3.63, 3.8) is 0 Å². The predicted octanol–water partition coefficient (Wildman–Crippen LogP) is 2.61. The van der Waals surface area contributed by atoms with Crippen molar-refractivity contribution in [3.8, 4) is 0 Å². The van der Waals surface area contributed by atoms with Crippen molar-refractivity contribution in [2.75, 3.05) is 12.0 Å². The van der Waals surface area contributed by atoms with Gasteiger partial charge < -0.3 is 5.73 Å². The smallest absolute Gasteiger partial charge is 0.0178 e. The average molecular weight is 195 g/mol. The fourth-order valence-electron chi connectivity index (χ4n) is 1.33. The molecule has 1 aromatic carbocycles. The van der Waals surface area contributed by atoms with Crippen LogP contribution in [0.4, 0.5) is 0 Å². The Labute approximate surface area is 84.7 Å². The van der Waals surface area contributed by atoms with E-state index < -0.39 is 0 Å². The Bertz CT molecular complexity index is 243. The maximum absolute atomic E-state index is 5.53. The van der Waals surface area contributed by atoms with Crippen LogP contribution in [0.2, 0.25) is 0 Å². The standard InChI is InChI=1S/C11H17NS/c1-9(8-13-2)11-5-3-10(7-12)4-6-11/h3-6,9H,7-8,12H2,1-2H3. The molecule has 1 aromatic rings. The van der Waals surface area contributed by atoms with Gasteiger partial charge in [0.2, 0.25) is 0 Å². The molecule has 0 radical (unpaired) electrons. The third-order valence-electron chi connectivity index (χ3n) is 2.20. The molecule has 0 fully saturated rings. The Morgan fingerprint density at radius 1 is 1.31 bits per heavy atom. The second kappa shape index (κ2) is 5.30. The van der Waals surface area contributed by atoms with E-state index >= 15 is 0 Å². The number of rotatable bonds is 4. The van der Waals surface area contributed by atoms with Crippen LogP contribution < -0.4 is 5.73 Å². The summed E-state index contributed by atoms with van der Waals surface area (Å²) in [5, 5.41) is 0. The van der Waals surface area contributed by atoms with Crippen LogP contribution in [0.25, 0.3) is 0 Å². The van der Waals surface area contributed by atoms with E-state index in [1.54, 1.807) is 0 Å². The molecule has 0 heterocycles. The normalized spacial score (nSPS) is 12.8. The summed E-state index contributed by atoms with van der Waals surface area (Å²) in [6, 6.07) is 8.60. The highest BCUT2D eigenvalue weighted by Crippen LogP contribution is 2.19. The maximum Gasteiger partial charge on any atom is 0.0178 e. The minimum Gasteiger partial charge on any atom is -0.326 e. The zero-order valence-corrected chi connectivity index (χ0v) is 9.10. The van der Waals surface area contributed by atoms with Gasteiger partial charge in [-0.1, -0.05) is 31.2 Å². The highest BCUT2D eigenvalue weighted by atomic mass is 32.2. The van der Waals surface area contributed by atoms with E-state index in [-0.39, 0.29) is 0 Å². The number of nitrogens with two attached hydrogens (primary N) is 1. The highest BCUT2D eigenvalue weighted by Gasteiger charge is 2.03. The molecule has 0 aromatic heterocycles. The summed E-state index contributed by atoms with van der Waals surface area (Å²) in [6.45, 7) is 2.89. The molecule has 1 nitrogen and oxygen atoms in total. The van der Waals surface area contributed by atoms with Crippen LogP contribution in [0.5, 0.6) is 0 Å². The van der Waals surface area contributed by atoms with Gasteiger partial charge in [-0.2, -0.15) is 11.8 Å². The van der Waals surface area contributed by atoms with Crippen LogP contribution in [0.3, 0.4) is 0 Å². The van der Waals surface area contributed by atoms with Crippen molar-refractivity contribution in [3.05, 3.63) is 35.4 Å². The van der Waals surface area contributed by atoms with Crippen molar-refractivity contribution in [2.24, 2.45) is 5.73 Å². The lowest BCUT2D eigenvalue weighted by Gasteiger charge is -2.10. The summed E-state index contributed by atoms with van der Waals surface area (Å²) in [7, 11) is 0. The summed E-state index contributed by atoms with van der Waals surface area (Å²) in [5.41, 5.74) is 8.15. The van der Waals surface area contributed by atoms with Gasteiger partial charge in [-0.25, -0.2) is 0 Å². The molecule has 0 spiro atoms. The van der Waals surface area contributed by atoms with Gasteiger partial charge in [0.1, 0.15) is 0 Å². The predicted molar refractivity (Wildman–Crippen MR) is 61.1 cm³/mol. The van der Waals surface area contributed by atoms with E-state index in [2.05, 4.69) is 37.4 Å². The first-order chi connectivity index (χ1) is 6.27. The third-order valence-corrected chi connectivity index (χ3v) is 3.03. The Kier molecular flexibility index (Phi) is 4.33. The summed E-state index contributed by atoms with van der Waals surface area (Å²) < 4.78 is 0. The Morgan fingerprint density at radius 2 is 1.92 bits per heavy atom. The van der Waals surface area contributed by atoms with Crippen LogP contribution >= 0.6 is 11.8 Å². The molecule has 2 N–H and O–H groups in total. The van der Waals surface area contributed by atoms with Crippen LogP contribution in [-0.4, -0.2) is 12.0 Å². The molecular formula is C11H17NS. The van der Waals surface area contributed by atoms with Gasteiger partial charge >= 0.3 is 0 Å². The fourth-order valence-corrected chi connectivity index (χ4v) is 2.02. The molecule has 0 aliphatic carbocycles. The number of benzene rings is 1. The monoisotopic (exact) mass is 195 g/mol. The number of hydrogen-bond donors (Lipinski definition) is 1. The fraction of sp³-hybridized carbons (Fsp3) is 0.455. The Balaban J connectivity index is 2.67. The lowest BCUT2D eigenvalue weighted by molar-refractivity contribution is 0.879. The van der Waals surface area contributed by atoms with E-state index in [9.17, 15) is 0 Å². The minimum absolute atomic E-state index is 0.636. The topological polar surface area (TPSA) is 26.0 Å². The Morgan fingerprint density at radius 3 is 2.38 bits per heavy atom. The van der Waals surface area contributed by atoms with Gasteiger partial charge in [-0.05, 0) is 29.1 Å². The number of hydrogen-bond acceptors (Lipinski definition) is 2. The van der Waals surface area contributed by atoms with Gasteiger partial charge in [0, 0.05) is 6.54 Å². The van der Waals surface area contributed by atoms with Crippen molar-refractivity contribution in [1.29, 1.82) is 0 Å². The lowest BCUT2D eigenvalue weighted by atomic mass is 10.0. The molecule has 72 valence electrons. The number of thioether (sulfide) groups is 1.